The molecule has 2 fully saturated rings. The van der Waals surface area contributed by atoms with E-state index in [1.807, 2.05) is 13.0 Å². The van der Waals surface area contributed by atoms with Gasteiger partial charge in [0.1, 0.15) is 0 Å². The summed E-state index contributed by atoms with van der Waals surface area (Å²) in [5.74, 6) is 2.79. The van der Waals surface area contributed by atoms with Crippen molar-refractivity contribution in [2.24, 2.45) is 0 Å². The molecule has 23 heavy (non-hydrogen) atoms. The van der Waals surface area contributed by atoms with Gasteiger partial charge in [-0.05, 0) is 45.2 Å². The summed E-state index contributed by atoms with van der Waals surface area (Å²) >= 11 is 0. The Morgan fingerprint density at radius 2 is 2.22 bits per heavy atom. The Hall–Kier alpha value is -2.02. The molecule has 1 unspecified atom stereocenters. The lowest BCUT2D eigenvalue weighted by molar-refractivity contribution is 0.189. The molecule has 0 bridgehead atoms. The molecular weight excluding hydrogens is 292 g/mol. The van der Waals surface area contributed by atoms with Crippen molar-refractivity contribution in [1.82, 2.24) is 25.1 Å². The van der Waals surface area contributed by atoms with E-state index in [2.05, 4.69) is 30.4 Å². The van der Waals surface area contributed by atoms with E-state index in [-0.39, 0.29) is 0 Å². The molecular formula is C16H22N6O. The molecule has 1 saturated carbocycles. The molecule has 7 heteroatoms. The first-order valence-corrected chi connectivity index (χ1v) is 8.37. The van der Waals surface area contributed by atoms with Gasteiger partial charge in [0.15, 0.2) is 0 Å². The van der Waals surface area contributed by atoms with Crippen LogP contribution in [0.15, 0.2) is 16.7 Å². The van der Waals surface area contributed by atoms with Gasteiger partial charge in [0, 0.05) is 30.4 Å². The van der Waals surface area contributed by atoms with Crippen LogP contribution < -0.4 is 5.32 Å². The average Bonchev–Trinajstić information content (AvgIpc) is 3.28. The van der Waals surface area contributed by atoms with Crippen molar-refractivity contribution in [1.29, 1.82) is 0 Å². The average molecular weight is 314 g/mol. The molecule has 1 aliphatic carbocycles. The third kappa shape index (κ3) is 3.67. The Bertz CT molecular complexity index is 668. The van der Waals surface area contributed by atoms with Gasteiger partial charge in [-0.25, -0.2) is 9.97 Å². The van der Waals surface area contributed by atoms with Crippen molar-refractivity contribution in [3.05, 3.63) is 29.7 Å². The second kappa shape index (κ2) is 6.23. The molecule has 0 amide bonds. The van der Waals surface area contributed by atoms with Crippen LogP contribution in [0.4, 0.5) is 5.95 Å². The molecule has 0 spiro atoms. The number of rotatable bonds is 5. The van der Waals surface area contributed by atoms with E-state index in [1.165, 1.54) is 12.8 Å². The van der Waals surface area contributed by atoms with Gasteiger partial charge < -0.3 is 9.73 Å². The maximum absolute atomic E-state index is 5.77. The van der Waals surface area contributed by atoms with Crippen molar-refractivity contribution in [2.75, 3.05) is 18.4 Å². The minimum absolute atomic E-state index is 0.358. The highest BCUT2D eigenvalue weighted by Gasteiger charge is 2.30. The van der Waals surface area contributed by atoms with Gasteiger partial charge in [-0.2, -0.15) is 0 Å². The molecule has 1 atom stereocenters. The Balaban J connectivity index is 1.34. The summed E-state index contributed by atoms with van der Waals surface area (Å²) in [6.07, 6.45) is 6.45. The Morgan fingerprint density at radius 3 is 3.04 bits per heavy atom. The normalized spacial score (nSPS) is 22.2. The van der Waals surface area contributed by atoms with Crippen LogP contribution in [0.5, 0.6) is 0 Å². The van der Waals surface area contributed by atoms with Gasteiger partial charge in [0.2, 0.25) is 17.7 Å². The second-order valence-electron chi connectivity index (χ2n) is 6.55. The van der Waals surface area contributed by atoms with E-state index in [4.69, 9.17) is 4.42 Å². The molecule has 1 aliphatic heterocycles. The number of hydrogen-bond acceptors (Lipinski definition) is 7. The zero-order valence-corrected chi connectivity index (χ0v) is 13.4. The van der Waals surface area contributed by atoms with Crippen LogP contribution in [0.3, 0.4) is 0 Å². The number of anilines is 1. The molecule has 3 heterocycles. The van der Waals surface area contributed by atoms with Crippen molar-refractivity contribution in [3.8, 4) is 0 Å². The molecule has 7 nitrogen and oxygen atoms in total. The number of hydrogen-bond donors (Lipinski definition) is 1. The maximum Gasteiger partial charge on any atom is 0.230 e. The number of aryl methyl sites for hydroxylation is 1. The smallest absolute Gasteiger partial charge is 0.230 e. The quantitative estimate of drug-likeness (QED) is 0.905. The number of likely N-dealkylation sites (tertiary alicyclic amines) is 1. The van der Waals surface area contributed by atoms with Crippen LogP contribution in [0.2, 0.25) is 0 Å². The first-order chi connectivity index (χ1) is 11.3. The van der Waals surface area contributed by atoms with Crippen LogP contribution in [0, 0.1) is 6.92 Å². The Morgan fingerprint density at radius 1 is 1.30 bits per heavy atom. The molecule has 2 aromatic heterocycles. The van der Waals surface area contributed by atoms with Gasteiger partial charge in [-0.3, -0.25) is 4.90 Å². The van der Waals surface area contributed by atoms with Gasteiger partial charge in [-0.1, -0.05) is 0 Å². The first-order valence-electron chi connectivity index (χ1n) is 8.37. The van der Waals surface area contributed by atoms with Crippen LogP contribution in [-0.2, 0) is 6.54 Å². The SMILES string of the molecule is Cc1ccnc(NC2CCCN(Cc3nnc(C4CC4)o3)C2)n1. The third-order valence-electron chi connectivity index (χ3n) is 4.40. The summed E-state index contributed by atoms with van der Waals surface area (Å²) in [5, 5.41) is 11.8. The van der Waals surface area contributed by atoms with E-state index in [1.54, 1.807) is 6.20 Å². The minimum atomic E-state index is 0.358. The molecule has 1 N–H and O–H groups in total. The second-order valence-corrected chi connectivity index (χ2v) is 6.55. The number of nitrogens with zero attached hydrogens (tertiary/aromatic N) is 5. The molecule has 1 saturated heterocycles. The molecule has 4 rings (SSSR count). The lowest BCUT2D eigenvalue weighted by Gasteiger charge is -2.32. The number of piperidine rings is 1. The predicted octanol–water partition coefficient (Wildman–Crippen LogP) is 2.12. The Labute approximate surface area is 135 Å². The van der Waals surface area contributed by atoms with Crippen LogP contribution in [0.1, 0.15) is 49.1 Å². The van der Waals surface area contributed by atoms with Crippen molar-refractivity contribution in [2.45, 2.75) is 51.1 Å². The fourth-order valence-electron chi connectivity index (χ4n) is 3.04. The number of aromatic nitrogens is 4. The van der Waals surface area contributed by atoms with Crippen molar-refractivity contribution in [3.63, 3.8) is 0 Å². The fraction of sp³-hybridized carbons (Fsp3) is 0.625. The minimum Gasteiger partial charge on any atom is -0.424 e. The summed E-state index contributed by atoms with van der Waals surface area (Å²) < 4.78 is 5.77. The van der Waals surface area contributed by atoms with Gasteiger partial charge in [-0.15, -0.1) is 10.2 Å². The fourth-order valence-corrected chi connectivity index (χ4v) is 3.04. The van der Waals surface area contributed by atoms with E-state index in [9.17, 15) is 0 Å². The van der Waals surface area contributed by atoms with Gasteiger partial charge >= 0.3 is 0 Å². The zero-order chi connectivity index (χ0) is 15.6. The van der Waals surface area contributed by atoms with E-state index >= 15 is 0 Å². The highest BCUT2D eigenvalue weighted by molar-refractivity contribution is 5.26. The first kappa shape index (κ1) is 14.6. The summed E-state index contributed by atoms with van der Waals surface area (Å²) in [7, 11) is 0. The van der Waals surface area contributed by atoms with E-state index in [0.717, 1.165) is 50.0 Å². The largest absolute Gasteiger partial charge is 0.424 e. The van der Waals surface area contributed by atoms with Crippen molar-refractivity contribution >= 4 is 5.95 Å². The maximum atomic E-state index is 5.77. The highest BCUT2D eigenvalue weighted by Crippen LogP contribution is 2.39. The lowest BCUT2D eigenvalue weighted by Crippen LogP contribution is -2.42. The summed E-state index contributed by atoms with van der Waals surface area (Å²) in [6.45, 7) is 4.71. The zero-order valence-electron chi connectivity index (χ0n) is 13.4. The monoisotopic (exact) mass is 314 g/mol. The summed E-state index contributed by atoms with van der Waals surface area (Å²) in [4.78, 5) is 11.1. The number of nitrogens with one attached hydrogen (secondary N) is 1. The van der Waals surface area contributed by atoms with Gasteiger partial charge in [0.05, 0.1) is 6.54 Å². The highest BCUT2D eigenvalue weighted by atomic mass is 16.4. The van der Waals surface area contributed by atoms with E-state index in [0.29, 0.717) is 17.9 Å². The van der Waals surface area contributed by atoms with Crippen molar-refractivity contribution < 1.29 is 4.42 Å². The molecule has 0 aromatic carbocycles. The summed E-state index contributed by atoms with van der Waals surface area (Å²) in [6, 6.07) is 2.27. The molecule has 2 aliphatic rings. The van der Waals surface area contributed by atoms with Crippen LogP contribution >= 0.6 is 0 Å². The predicted molar refractivity (Wildman–Crippen MR) is 85.0 cm³/mol. The Kier molecular flexibility index (Phi) is 3.95. The summed E-state index contributed by atoms with van der Waals surface area (Å²) in [5.41, 5.74) is 0.980. The lowest BCUT2D eigenvalue weighted by atomic mass is 10.1. The van der Waals surface area contributed by atoms with Crippen LogP contribution in [0.25, 0.3) is 0 Å². The standard InChI is InChI=1S/C16H22N6O/c1-11-6-7-17-16(18-11)19-13-3-2-8-22(9-13)10-14-20-21-15(23-14)12-4-5-12/h6-7,12-13H,2-5,8-10H2,1H3,(H,17,18,19). The van der Waals surface area contributed by atoms with Gasteiger partial charge in [0.25, 0.3) is 0 Å². The molecule has 2 aromatic rings. The topological polar surface area (TPSA) is 80.0 Å². The molecule has 122 valence electrons. The molecule has 0 radical (unpaired) electrons. The third-order valence-corrected chi connectivity index (χ3v) is 4.40. The van der Waals surface area contributed by atoms with E-state index < -0.39 is 0 Å². The van der Waals surface area contributed by atoms with Crippen LogP contribution in [-0.4, -0.2) is 44.2 Å².